The van der Waals surface area contributed by atoms with Crippen LogP contribution >= 0.6 is 0 Å². The molecule has 4 heterocycles. The number of rotatable bonds is 0. The van der Waals surface area contributed by atoms with Crippen LogP contribution in [0.15, 0.2) is 73.2 Å². The number of imidazole rings is 1. The molecular weight excluding hydrogens is 344 g/mol. The van der Waals surface area contributed by atoms with E-state index >= 15 is 0 Å². The van der Waals surface area contributed by atoms with E-state index in [2.05, 4.69) is 56.8 Å². The number of fused-ring (bicyclic) bond motifs is 12. The predicted octanol–water partition coefficient (Wildman–Crippen LogP) is 5.16. The zero-order valence-electron chi connectivity index (χ0n) is 14.9. The minimum absolute atomic E-state index is 0.888. The van der Waals surface area contributed by atoms with Crippen LogP contribution in [-0.2, 0) is 6.42 Å². The first-order valence-electron chi connectivity index (χ1n) is 9.43. The van der Waals surface area contributed by atoms with Gasteiger partial charge in [0.05, 0.1) is 5.52 Å². The lowest BCUT2D eigenvalue weighted by Crippen LogP contribution is -1.95. The minimum atomic E-state index is 0.888. The molecule has 130 valence electrons. The maximum absolute atomic E-state index is 5.02. The smallest absolute Gasteiger partial charge is 0.164 e. The molecule has 0 fully saturated rings. The molecule has 0 radical (unpaired) electrons. The standard InChI is InChI=1S/C24H14N4/c1-2-5-16-14(4-1)12-15-7-8-17-18-13-25-11-9-20(18)28-23-19(6-3-10-26-23)27-24(28)22(17)21(15)16/h1-11,13H,12H2. The summed E-state index contributed by atoms with van der Waals surface area (Å²) in [6, 6.07) is 19.2. The second kappa shape index (κ2) is 4.93. The van der Waals surface area contributed by atoms with Crippen LogP contribution in [0.1, 0.15) is 11.1 Å². The third-order valence-electron chi connectivity index (χ3n) is 5.93. The Kier molecular flexibility index (Phi) is 2.51. The van der Waals surface area contributed by atoms with E-state index in [4.69, 9.17) is 4.98 Å². The van der Waals surface area contributed by atoms with Crippen LogP contribution in [0.25, 0.3) is 49.6 Å². The molecule has 0 aliphatic heterocycles. The van der Waals surface area contributed by atoms with Crippen molar-refractivity contribution in [1.82, 2.24) is 19.4 Å². The number of hydrogen-bond donors (Lipinski definition) is 0. The summed E-state index contributed by atoms with van der Waals surface area (Å²) in [7, 11) is 0. The highest BCUT2D eigenvalue weighted by atomic mass is 15.1. The third kappa shape index (κ3) is 1.63. The van der Waals surface area contributed by atoms with Gasteiger partial charge in [0, 0.05) is 29.4 Å². The van der Waals surface area contributed by atoms with Gasteiger partial charge in [0.15, 0.2) is 5.65 Å². The van der Waals surface area contributed by atoms with Crippen molar-refractivity contribution in [2.24, 2.45) is 0 Å². The number of aromatic nitrogens is 4. The second-order valence-electron chi connectivity index (χ2n) is 7.37. The van der Waals surface area contributed by atoms with Gasteiger partial charge in [-0.1, -0.05) is 36.4 Å². The van der Waals surface area contributed by atoms with Crippen molar-refractivity contribution in [3.63, 3.8) is 0 Å². The molecule has 0 unspecified atom stereocenters. The molecule has 4 heteroatoms. The number of hydrogen-bond acceptors (Lipinski definition) is 3. The van der Waals surface area contributed by atoms with Crippen LogP contribution in [0.4, 0.5) is 0 Å². The first kappa shape index (κ1) is 14.3. The van der Waals surface area contributed by atoms with Crippen molar-refractivity contribution in [3.05, 3.63) is 84.3 Å². The van der Waals surface area contributed by atoms with Crippen LogP contribution in [0.3, 0.4) is 0 Å². The van der Waals surface area contributed by atoms with Crippen molar-refractivity contribution >= 4 is 38.5 Å². The fourth-order valence-electron chi connectivity index (χ4n) is 4.78. The normalized spacial score (nSPS) is 12.9. The van der Waals surface area contributed by atoms with Gasteiger partial charge >= 0.3 is 0 Å². The predicted molar refractivity (Wildman–Crippen MR) is 112 cm³/mol. The summed E-state index contributed by atoms with van der Waals surface area (Å²) in [6.45, 7) is 0. The molecule has 28 heavy (non-hydrogen) atoms. The number of pyridine rings is 3. The summed E-state index contributed by atoms with van der Waals surface area (Å²) in [5.74, 6) is 0. The van der Waals surface area contributed by atoms with Gasteiger partial charge < -0.3 is 0 Å². The summed E-state index contributed by atoms with van der Waals surface area (Å²) >= 11 is 0. The van der Waals surface area contributed by atoms with Crippen molar-refractivity contribution in [3.8, 4) is 11.1 Å². The molecular formula is C24H14N4. The summed E-state index contributed by atoms with van der Waals surface area (Å²) in [5, 5.41) is 3.52. The first-order valence-corrected chi connectivity index (χ1v) is 9.43. The molecule has 0 saturated carbocycles. The summed E-state index contributed by atoms with van der Waals surface area (Å²) < 4.78 is 2.19. The molecule has 4 nitrogen and oxygen atoms in total. The van der Waals surface area contributed by atoms with Crippen LogP contribution in [0.5, 0.6) is 0 Å². The van der Waals surface area contributed by atoms with E-state index in [1.54, 1.807) is 0 Å². The lowest BCUT2D eigenvalue weighted by molar-refractivity contribution is 1.23. The van der Waals surface area contributed by atoms with Gasteiger partial charge in [-0.05, 0) is 52.3 Å². The molecule has 0 N–H and O–H groups in total. The van der Waals surface area contributed by atoms with Gasteiger partial charge in [-0.25, -0.2) is 9.97 Å². The molecule has 7 rings (SSSR count). The molecule has 1 aliphatic carbocycles. The Balaban J connectivity index is 1.84. The van der Waals surface area contributed by atoms with Gasteiger partial charge in [-0.2, -0.15) is 0 Å². The second-order valence-corrected chi connectivity index (χ2v) is 7.37. The minimum Gasteiger partial charge on any atom is -0.276 e. The molecule has 1 aliphatic rings. The fourth-order valence-corrected chi connectivity index (χ4v) is 4.78. The van der Waals surface area contributed by atoms with Crippen LogP contribution in [-0.4, -0.2) is 19.4 Å². The monoisotopic (exact) mass is 358 g/mol. The quantitative estimate of drug-likeness (QED) is 0.352. The Bertz CT molecular complexity index is 1590. The van der Waals surface area contributed by atoms with Crippen molar-refractivity contribution in [2.45, 2.75) is 6.42 Å². The van der Waals surface area contributed by atoms with Gasteiger partial charge in [-0.3, -0.25) is 9.38 Å². The first-order chi connectivity index (χ1) is 13.9. The Labute approximate surface area is 160 Å². The molecule has 2 aromatic carbocycles. The van der Waals surface area contributed by atoms with E-state index in [1.165, 1.54) is 33.0 Å². The zero-order valence-corrected chi connectivity index (χ0v) is 14.9. The highest BCUT2D eigenvalue weighted by Gasteiger charge is 2.24. The zero-order chi connectivity index (χ0) is 18.2. The molecule has 0 atom stereocenters. The van der Waals surface area contributed by atoms with Crippen LogP contribution in [0, 0.1) is 0 Å². The number of benzene rings is 2. The van der Waals surface area contributed by atoms with Crippen molar-refractivity contribution < 1.29 is 0 Å². The molecule has 6 aromatic rings. The fraction of sp³-hybridized carbons (Fsp3) is 0.0417. The maximum atomic E-state index is 5.02. The summed E-state index contributed by atoms with van der Waals surface area (Å²) in [5.41, 5.74) is 9.22. The SMILES string of the molecule is c1ccc2c(c1)Cc1ccc3c4cnccc4n4c5ncccc5nc4c3c1-2. The maximum Gasteiger partial charge on any atom is 0.164 e. The van der Waals surface area contributed by atoms with Crippen LogP contribution in [0.2, 0.25) is 0 Å². The Morgan fingerprint density at radius 1 is 0.786 bits per heavy atom. The summed E-state index contributed by atoms with van der Waals surface area (Å²) in [6.07, 6.45) is 6.60. The van der Waals surface area contributed by atoms with Gasteiger partial charge in [0.2, 0.25) is 0 Å². The third-order valence-corrected chi connectivity index (χ3v) is 5.93. The van der Waals surface area contributed by atoms with E-state index in [9.17, 15) is 0 Å². The average Bonchev–Trinajstić information content (AvgIpc) is 3.32. The average molecular weight is 358 g/mol. The van der Waals surface area contributed by atoms with E-state index in [-0.39, 0.29) is 0 Å². The highest BCUT2D eigenvalue weighted by molar-refractivity contribution is 6.19. The molecule has 0 amide bonds. The van der Waals surface area contributed by atoms with Crippen LogP contribution < -0.4 is 0 Å². The van der Waals surface area contributed by atoms with Gasteiger partial charge in [0.1, 0.15) is 11.2 Å². The molecule has 0 bridgehead atoms. The van der Waals surface area contributed by atoms with Crippen molar-refractivity contribution in [2.75, 3.05) is 0 Å². The Morgan fingerprint density at radius 3 is 2.75 bits per heavy atom. The number of nitrogens with zero attached hydrogens (tertiary/aromatic N) is 4. The van der Waals surface area contributed by atoms with Crippen molar-refractivity contribution in [1.29, 1.82) is 0 Å². The summed E-state index contributed by atoms with van der Waals surface area (Å²) in [4.78, 5) is 14.1. The lowest BCUT2D eigenvalue weighted by atomic mass is 9.97. The lowest BCUT2D eigenvalue weighted by Gasteiger charge is -2.12. The molecule has 4 aromatic heterocycles. The van der Waals surface area contributed by atoms with E-state index < -0.39 is 0 Å². The molecule has 0 spiro atoms. The van der Waals surface area contributed by atoms with E-state index in [0.29, 0.717) is 0 Å². The topological polar surface area (TPSA) is 43.1 Å². The van der Waals surface area contributed by atoms with Gasteiger partial charge in [0.25, 0.3) is 0 Å². The van der Waals surface area contributed by atoms with Gasteiger partial charge in [-0.15, -0.1) is 0 Å². The van der Waals surface area contributed by atoms with E-state index in [0.717, 1.165) is 34.1 Å². The van der Waals surface area contributed by atoms with E-state index in [1.807, 2.05) is 30.7 Å². The highest BCUT2D eigenvalue weighted by Crippen LogP contribution is 2.44. The Morgan fingerprint density at radius 2 is 1.75 bits per heavy atom. The Hall–Kier alpha value is -3.79. The largest absolute Gasteiger partial charge is 0.276 e. The molecule has 0 saturated heterocycles.